The maximum absolute atomic E-state index is 5.99. The molecule has 0 spiro atoms. The van der Waals surface area contributed by atoms with E-state index in [0.29, 0.717) is 16.6 Å². The standard InChI is InChI=1S/C10H10ClN5S/c11-8-2-1-3-13-10(8)17-6-7-4-15-9(16-12)5-14-7/h1-5H,6,12H2,(H,15,16). The summed E-state index contributed by atoms with van der Waals surface area (Å²) in [6.45, 7) is 0. The predicted octanol–water partition coefficient (Wildman–Crippen LogP) is 2.10. The van der Waals surface area contributed by atoms with Gasteiger partial charge in [-0.05, 0) is 12.1 Å². The lowest BCUT2D eigenvalue weighted by Crippen LogP contribution is -2.08. The number of nitrogens with two attached hydrogens (primary N) is 1. The average molecular weight is 268 g/mol. The molecule has 0 aliphatic carbocycles. The van der Waals surface area contributed by atoms with Crippen molar-refractivity contribution in [3.8, 4) is 0 Å². The van der Waals surface area contributed by atoms with E-state index in [9.17, 15) is 0 Å². The van der Waals surface area contributed by atoms with Gasteiger partial charge in [0.05, 0.1) is 23.1 Å². The van der Waals surface area contributed by atoms with E-state index in [2.05, 4.69) is 20.4 Å². The second-order valence-electron chi connectivity index (χ2n) is 3.12. The maximum Gasteiger partial charge on any atom is 0.158 e. The van der Waals surface area contributed by atoms with Crippen LogP contribution in [-0.4, -0.2) is 15.0 Å². The number of hydrazine groups is 1. The summed E-state index contributed by atoms with van der Waals surface area (Å²) < 4.78 is 0. The van der Waals surface area contributed by atoms with Gasteiger partial charge in [0.15, 0.2) is 5.82 Å². The second-order valence-corrected chi connectivity index (χ2v) is 4.49. The number of rotatable bonds is 4. The van der Waals surface area contributed by atoms with Crippen LogP contribution in [0.1, 0.15) is 5.69 Å². The zero-order valence-electron chi connectivity index (χ0n) is 8.80. The van der Waals surface area contributed by atoms with Crippen molar-refractivity contribution in [1.29, 1.82) is 0 Å². The number of pyridine rings is 1. The molecule has 0 fully saturated rings. The number of nitrogens with zero attached hydrogens (tertiary/aromatic N) is 3. The smallest absolute Gasteiger partial charge is 0.158 e. The zero-order chi connectivity index (χ0) is 12.1. The SMILES string of the molecule is NNc1cnc(CSc2ncccc2Cl)cn1. The Morgan fingerprint density at radius 3 is 2.82 bits per heavy atom. The largest absolute Gasteiger partial charge is 0.307 e. The molecule has 3 N–H and O–H groups in total. The molecule has 0 amide bonds. The van der Waals surface area contributed by atoms with Gasteiger partial charge in [-0.2, -0.15) is 0 Å². The highest BCUT2D eigenvalue weighted by atomic mass is 35.5. The Balaban J connectivity index is 2.00. The number of nitrogens with one attached hydrogen (secondary N) is 1. The van der Waals surface area contributed by atoms with Gasteiger partial charge in [-0.15, -0.1) is 0 Å². The number of hydrogen-bond donors (Lipinski definition) is 2. The Kier molecular flexibility index (Phi) is 4.13. The first-order valence-electron chi connectivity index (χ1n) is 4.80. The summed E-state index contributed by atoms with van der Waals surface area (Å²) in [5.74, 6) is 6.40. The van der Waals surface area contributed by atoms with E-state index in [1.807, 2.05) is 6.07 Å². The number of thioether (sulfide) groups is 1. The molecule has 0 aliphatic heterocycles. The first-order chi connectivity index (χ1) is 8.29. The Morgan fingerprint density at radius 1 is 1.29 bits per heavy atom. The molecule has 0 unspecified atom stereocenters. The van der Waals surface area contributed by atoms with Crippen LogP contribution in [0, 0.1) is 0 Å². The minimum Gasteiger partial charge on any atom is -0.307 e. The van der Waals surface area contributed by atoms with Crippen molar-refractivity contribution in [3.05, 3.63) is 41.4 Å². The normalized spacial score (nSPS) is 10.2. The minimum atomic E-state index is 0.537. The van der Waals surface area contributed by atoms with Gasteiger partial charge >= 0.3 is 0 Å². The first kappa shape index (κ1) is 12.1. The number of nitrogen functional groups attached to an aromatic ring is 1. The Morgan fingerprint density at radius 2 is 2.18 bits per heavy atom. The molecule has 2 aromatic heterocycles. The third-order valence-electron chi connectivity index (χ3n) is 1.93. The molecule has 0 radical (unpaired) electrons. The van der Waals surface area contributed by atoms with Gasteiger partial charge in [-0.25, -0.2) is 15.8 Å². The van der Waals surface area contributed by atoms with Gasteiger partial charge in [-0.1, -0.05) is 23.4 Å². The summed E-state index contributed by atoms with van der Waals surface area (Å²) in [6.07, 6.45) is 4.95. The van der Waals surface area contributed by atoms with Crippen LogP contribution in [0.15, 0.2) is 35.7 Å². The van der Waals surface area contributed by atoms with Crippen molar-refractivity contribution < 1.29 is 0 Å². The molecule has 0 atom stereocenters. The van der Waals surface area contributed by atoms with Crippen molar-refractivity contribution >= 4 is 29.2 Å². The fraction of sp³-hybridized carbons (Fsp3) is 0.100. The molecule has 17 heavy (non-hydrogen) atoms. The summed E-state index contributed by atoms with van der Waals surface area (Å²) in [5, 5.41) is 1.43. The highest BCUT2D eigenvalue weighted by molar-refractivity contribution is 7.98. The predicted molar refractivity (Wildman–Crippen MR) is 68.7 cm³/mol. The van der Waals surface area contributed by atoms with Crippen LogP contribution in [0.5, 0.6) is 0 Å². The molecule has 0 saturated carbocycles. The first-order valence-corrected chi connectivity index (χ1v) is 6.17. The average Bonchev–Trinajstić information content (AvgIpc) is 2.38. The molecule has 2 heterocycles. The van der Waals surface area contributed by atoms with E-state index in [1.165, 1.54) is 11.8 Å². The van der Waals surface area contributed by atoms with Crippen molar-refractivity contribution in [2.75, 3.05) is 5.43 Å². The molecule has 2 aromatic rings. The van der Waals surface area contributed by atoms with Crippen molar-refractivity contribution in [2.45, 2.75) is 10.8 Å². The molecule has 5 nitrogen and oxygen atoms in total. The fourth-order valence-electron chi connectivity index (χ4n) is 1.12. The zero-order valence-corrected chi connectivity index (χ0v) is 10.4. The van der Waals surface area contributed by atoms with E-state index in [0.717, 1.165) is 10.7 Å². The molecular weight excluding hydrogens is 258 g/mol. The third kappa shape index (κ3) is 3.29. The summed E-state index contributed by atoms with van der Waals surface area (Å²) in [6, 6.07) is 3.61. The van der Waals surface area contributed by atoms with E-state index in [-0.39, 0.29) is 0 Å². The maximum atomic E-state index is 5.99. The molecule has 2 rings (SSSR count). The van der Waals surface area contributed by atoms with E-state index < -0.39 is 0 Å². The van der Waals surface area contributed by atoms with Gasteiger partial charge in [0.1, 0.15) is 5.03 Å². The monoisotopic (exact) mass is 267 g/mol. The van der Waals surface area contributed by atoms with E-state index in [1.54, 1.807) is 24.7 Å². The molecule has 7 heteroatoms. The van der Waals surface area contributed by atoms with Crippen molar-refractivity contribution in [2.24, 2.45) is 5.84 Å². The number of aromatic nitrogens is 3. The topological polar surface area (TPSA) is 76.7 Å². The number of anilines is 1. The van der Waals surface area contributed by atoms with E-state index in [4.69, 9.17) is 17.4 Å². The van der Waals surface area contributed by atoms with Crippen LogP contribution in [0.3, 0.4) is 0 Å². The molecule has 0 aliphatic rings. The number of halogens is 1. The Hall–Kier alpha value is -1.37. The van der Waals surface area contributed by atoms with Crippen LogP contribution < -0.4 is 11.3 Å². The van der Waals surface area contributed by atoms with Gasteiger partial charge in [0, 0.05) is 11.9 Å². The van der Waals surface area contributed by atoms with Crippen molar-refractivity contribution in [1.82, 2.24) is 15.0 Å². The molecule has 0 saturated heterocycles. The third-order valence-corrected chi connectivity index (χ3v) is 3.39. The number of hydrogen-bond acceptors (Lipinski definition) is 6. The van der Waals surface area contributed by atoms with Gasteiger partial charge < -0.3 is 5.43 Å². The van der Waals surface area contributed by atoms with Crippen LogP contribution in [0.25, 0.3) is 0 Å². The quantitative estimate of drug-likeness (QED) is 0.502. The molecule has 88 valence electrons. The summed E-state index contributed by atoms with van der Waals surface area (Å²) >= 11 is 7.51. The summed E-state index contributed by atoms with van der Waals surface area (Å²) in [5.41, 5.74) is 3.27. The van der Waals surface area contributed by atoms with Crippen LogP contribution in [0.2, 0.25) is 5.02 Å². The summed E-state index contributed by atoms with van der Waals surface area (Å²) in [7, 11) is 0. The van der Waals surface area contributed by atoms with Crippen molar-refractivity contribution in [3.63, 3.8) is 0 Å². The lowest BCUT2D eigenvalue weighted by Gasteiger charge is -2.03. The van der Waals surface area contributed by atoms with Crippen LogP contribution in [-0.2, 0) is 5.75 Å². The minimum absolute atomic E-state index is 0.537. The highest BCUT2D eigenvalue weighted by Gasteiger charge is 2.03. The van der Waals surface area contributed by atoms with Gasteiger partial charge in [0.2, 0.25) is 0 Å². The van der Waals surface area contributed by atoms with Crippen LogP contribution >= 0.6 is 23.4 Å². The molecule has 0 aromatic carbocycles. The van der Waals surface area contributed by atoms with E-state index >= 15 is 0 Å². The van der Waals surface area contributed by atoms with Gasteiger partial charge in [0.25, 0.3) is 0 Å². The lowest BCUT2D eigenvalue weighted by molar-refractivity contribution is 1.07. The second kappa shape index (κ2) is 5.81. The highest BCUT2D eigenvalue weighted by Crippen LogP contribution is 2.26. The Labute approximate surface area is 108 Å². The van der Waals surface area contributed by atoms with Crippen LogP contribution in [0.4, 0.5) is 5.82 Å². The Bertz CT molecular complexity index is 490. The van der Waals surface area contributed by atoms with Gasteiger partial charge in [-0.3, -0.25) is 4.98 Å². The summed E-state index contributed by atoms with van der Waals surface area (Å²) in [4.78, 5) is 12.4. The molecule has 0 bridgehead atoms. The molecular formula is C10H10ClN5S. The lowest BCUT2D eigenvalue weighted by atomic mass is 10.5. The fourth-order valence-corrected chi connectivity index (χ4v) is 2.18.